The highest BCUT2D eigenvalue weighted by Crippen LogP contribution is 2.12. The van der Waals surface area contributed by atoms with Crippen LogP contribution in [0.3, 0.4) is 0 Å². The highest BCUT2D eigenvalue weighted by molar-refractivity contribution is 6.39. The Hall–Kier alpha value is -2.73. The third-order valence-electron chi connectivity index (χ3n) is 3.23. The molecule has 2 aromatic carbocycles. The minimum atomic E-state index is -1.02. The molecule has 1 unspecified atom stereocenters. The summed E-state index contributed by atoms with van der Waals surface area (Å²) < 4.78 is 12.8. The lowest BCUT2D eigenvalue weighted by Crippen LogP contribution is -2.37. The first kappa shape index (κ1) is 16.6. The number of nitrogens with one attached hydrogen (secondary N) is 2. The van der Waals surface area contributed by atoms with E-state index in [9.17, 15) is 19.1 Å². The number of aliphatic hydroxyl groups is 1. The van der Waals surface area contributed by atoms with Crippen molar-refractivity contribution in [1.29, 1.82) is 0 Å². The van der Waals surface area contributed by atoms with Crippen molar-refractivity contribution in [3.8, 4) is 0 Å². The molecule has 2 rings (SSSR count). The van der Waals surface area contributed by atoms with E-state index in [1.165, 1.54) is 24.3 Å². The van der Waals surface area contributed by atoms with Crippen LogP contribution in [0, 0.1) is 12.7 Å². The van der Waals surface area contributed by atoms with Gasteiger partial charge in [-0.25, -0.2) is 4.39 Å². The Morgan fingerprint density at radius 1 is 1.04 bits per heavy atom. The van der Waals surface area contributed by atoms with E-state index in [1.54, 1.807) is 12.1 Å². The zero-order chi connectivity index (χ0) is 16.8. The molecule has 0 aliphatic rings. The molecule has 5 nitrogen and oxygen atoms in total. The Bertz CT molecular complexity index is 684. The van der Waals surface area contributed by atoms with E-state index >= 15 is 0 Å². The van der Waals surface area contributed by atoms with Crippen molar-refractivity contribution in [3.63, 3.8) is 0 Å². The van der Waals surface area contributed by atoms with E-state index in [1.807, 2.05) is 19.1 Å². The molecule has 0 aliphatic heterocycles. The summed E-state index contributed by atoms with van der Waals surface area (Å²) in [7, 11) is 0. The molecular formula is C17H17FN2O3. The largest absolute Gasteiger partial charge is 0.387 e. The molecule has 1 atom stereocenters. The number of benzene rings is 2. The summed E-state index contributed by atoms with van der Waals surface area (Å²) in [6.07, 6.45) is -1.02. The highest BCUT2D eigenvalue weighted by Gasteiger charge is 2.16. The van der Waals surface area contributed by atoms with E-state index < -0.39 is 23.7 Å². The Morgan fingerprint density at radius 3 is 2.26 bits per heavy atom. The zero-order valence-electron chi connectivity index (χ0n) is 12.5. The van der Waals surface area contributed by atoms with Crippen molar-refractivity contribution in [2.24, 2.45) is 0 Å². The quantitative estimate of drug-likeness (QED) is 0.754. The van der Waals surface area contributed by atoms with Gasteiger partial charge in [0.25, 0.3) is 0 Å². The second-order valence-electron chi connectivity index (χ2n) is 5.10. The van der Waals surface area contributed by atoms with Crippen LogP contribution in [0.2, 0.25) is 0 Å². The Labute approximate surface area is 133 Å². The minimum absolute atomic E-state index is 0.147. The number of aryl methyl sites for hydroxylation is 1. The predicted molar refractivity (Wildman–Crippen MR) is 84.2 cm³/mol. The van der Waals surface area contributed by atoms with Gasteiger partial charge in [0.1, 0.15) is 5.82 Å². The SMILES string of the molecule is Cc1ccc(NC(=O)C(=O)NCC(O)c2ccc(F)cc2)cc1. The van der Waals surface area contributed by atoms with E-state index in [4.69, 9.17) is 0 Å². The van der Waals surface area contributed by atoms with Crippen molar-refractivity contribution < 1.29 is 19.1 Å². The maximum atomic E-state index is 12.8. The number of rotatable bonds is 4. The first-order valence-electron chi connectivity index (χ1n) is 7.05. The third-order valence-corrected chi connectivity index (χ3v) is 3.23. The average Bonchev–Trinajstić information content (AvgIpc) is 2.55. The fourth-order valence-electron chi connectivity index (χ4n) is 1.90. The van der Waals surface area contributed by atoms with Crippen LogP contribution < -0.4 is 10.6 Å². The van der Waals surface area contributed by atoms with E-state index in [2.05, 4.69) is 10.6 Å². The molecule has 2 aromatic rings. The molecule has 0 aliphatic carbocycles. The fourth-order valence-corrected chi connectivity index (χ4v) is 1.90. The van der Waals surface area contributed by atoms with Crippen LogP contribution in [0.5, 0.6) is 0 Å². The molecule has 0 fully saturated rings. The van der Waals surface area contributed by atoms with Gasteiger partial charge in [-0.15, -0.1) is 0 Å². The lowest BCUT2D eigenvalue weighted by molar-refractivity contribution is -0.136. The molecule has 6 heteroatoms. The number of halogens is 1. The van der Waals surface area contributed by atoms with Crippen LogP contribution in [-0.4, -0.2) is 23.5 Å². The fraction of sp³-hybridized carbons (Fsp3) is 0.176. The minimum Gasteiger partial charge on any atom is -0.387 e. The Kier molecular flexibility index (Phi) is 5.43. The number of anilines is 1. The van der Waals surface area contributed by atoms with Crippen molar-refractivity contribution in [2.75, 3.05) is 11.9 Å². The number of amides is 2. The molecule has 2 amide bonds. The first-order chi connectivity index (χ1) is 11.0. The summed E-state index contributed by atoms with van der Waals surface area (Å²) >= 11 is 0. The number of hydrogen-bond donors (Lipinski definition) is 3. The highest BCUT2D eigenvalue weighted by atomic mass is 19.1. The summed E-state index contributed by atoms with van der Waals surface area (Å²) in [6.45, 7) is 1.76. The maximum absolute atomic E-state index is 12.8. The topological polar surface area (TPSA) is 78.4 Å². The van der Waals surface area contributed by atoms with E-state index in [0.29, 0.717) is 11.3 Å². The van der Waals surface area contributed by atoms with Gasteiger partial charge in [-0.05, 0) is 36.8 Å². The summed E-state index contributed by atoms with van der Waals surface area (Å²) in [6, 6.07) is 12.3. The maximum Gasteiger partial charge on any atom is 0.313 e. The van der Waals surface area contributed by atoms with Crippen molar-refractivity contribution >= 4 is 17.5 Å². The first-order valence-corrected chi connectivity index (χ1v) is 7.05. The van der Waals surface area contributed by atoms with Gasteiger partial charge in [0.15, 0.2) is 0 Å². The second-order valence-corrected chi connectivity index (χ2v) is 5.10. The Morgan fingerprint density at radius 2 is 1.65 bits per heavy atom. The number of aliphatic hydroxyl groups excluding tert-OH is 1. The molecule has 0 spiro atoms. The molecule has 0 radical (unpaired) electrons. The lowest BCUT2D eigenvalue weighted by Gasteiger charge is -2.12. The molecule has 3 N–H and O–H groups in total. The van der Waals surface area contributed by atoms with Crippen LogP contribution in [0.4, 0.5) is 10.1 Å². The van der Waals surface area contributed by atoms with Crippen molar-refractivity contribution in [2.45, 2.75) is 13.0 Å². The molecule has 0 saturated heterocycles. The van der Waals surface area contributed by atoms with Gasteiger partial charge in [-0.1, -0.05) is 29.8 Å². The van der Waals surface area contributed by atoms with Gasteiger partial charge in [-0.3, -0.25) is 9.59 Å². The Balaban J connectivity index is 1.85. The van der Waals surface area contributed by atoms with Crippen LogP contribution >= 0.6 is 0 Å². The van der Waals surface area contributed by atoms with Gasteiger partial charge in [0.2, 0.25) is 0 Å². The lowest BCUT2D eigenvalue weighted by atomic mass is 10.1. The van der Waals surface area contributed by atoms with E-state index in [0.717, 1.165) is 5.56 Å². The number of carbonyl (C=O) groups excluding carboxylic acids is 2. The average molecular weight is 316 g/mol. The summed E-state index contributed by atoms with van der Waals surface area (Å²) in [5.41, 5.74) is 2.00. The molecule has 0 saturated carbocycles. The summed E-state index contributed by atoms with van der Waals surface area (Å²) in [4.78, 5) is 23.4. The monoisotopic (exact) mass is 316 g/mol. The smallest absolute Gasteiger partial charge is 0.313 e. The van der Waals surface area contributed by atoms with Gasteiger partial charge in [0, 0.05) is 12.2 Å². The molecule has 120 valence electrons. The van der Waals surface area contributed by atoms with Gasteiger partial charge in [-0.2, -0.15) is 0 Å². The molecule has 0 aromatic heterocycles. The third kappa shape index (κ3) is 4.89. The summed E-state index contributed by atoms with van der Waals surface area (Å²) in [5, 5.41) is 14.7. The second kappa shape index (κ2) is 7.51. The molecule has 0 heterocycles. The van der Waals surface area contributed by atoms with Gasteiger partial charge < -0.3 is 15.7 Å². The van der Waals surface area contributed by atoms with Crippen LogP contribution in [-0.2, 0) is 9.59 Å². The normalized spacial score (nSPS) is 11.6. The number of hydrogen-bond acceptors (Lipinski definition) is 3. The molecule has 0 bridgehead atoms. The summed E-state index contributed by atoms with van der Waals surface area (Å²) in [5.74, 6) is -2.09. The van der Waals surface area contributed by atoms with Crippen LogP contribution in [0.15, 0.2) is 48.5 Å². The van der Waals surface area contributed by atoms with Crippen LogP contribution in [0.1, 0.15) is 17.2 Å². The van der Waals surface area contributed by atoms with Crippen LogP contribution in [0.25, 0.3) is 0 Å². The number of carbonyl (C=O) groups is 2. The molecular weight excluding hydrogens is 299 g/mol. The van der Waals surface area contributed by atoms with Gasteiger partial charge in [0.05, 0.1) is 6.10 Å². The van der Waals surface area contributed by atoms with Crippen molar-refractivity contribution in [1.82, 2.24) is 5.32 Å². The van der Waals surface area contributed by atoms with E-state index in [-0.39, 0.29) is 6.54 Å². The zero-order valence-corrected chi connectivity index (χ0v) is 12.5. The predicted octanol–water partition coefficient (Wildman–Crippen LogP) is 1.92. The standard InChI is InChI=1S/C17H17FN2O3/c1-11-2-8-14(9-3-11)20-17(23)16(22)19-10-15(21)12-4-6-13(18)7-5-12/h2-9,15,21H,10H2,1H3,(H,19,22)(H,20,23). The van der Waals surface area contributed by atoms with Gasteiger partial charge >= 0.3 is 11.8 Å². The molecule has 23 heavy (non-hydrogen) atoms. The van der Waals surface area contributed by atoms with Crippen molar-refractivity contribution in [3.05, 3.63) is 65.5 Å².